The monoisotopic (exact) mass is 394 g/mol. The van der Waals surface area contributed by atoms with E-state index in [-0.39, 0.29) is 18.6 Å². The summed E-state index contributed by atoms with van der Waals surface area (Å²) in [5.41, 5.74) is 2.85. The van der Waals surface area contributed by atoms with Gasteiger partial charge in [-0.05, 0) is 60.8 Å². The number of furan rings is 1. The third-order valence-electron chi connectivity index (χ3n) is 4.76. The highest BCUT2D eigenvalue weighted by molar-refractivity contribution is 7.08. The van der Waals surface area contributed by atoms with E-state index >= 15 is 0 Å². The molecule has 5 nitrogen and oxygen atoms in total. The lowest BCUT2D eigenvalue weighted by atomic mass is 10.1. The summed E-state index contributed by atoms with van der Waals surface area (Å²) in [6.45, 7) is 0.516. The van der Waals surface area contributed by atoms with E-state index in [1.165, 1.54) is 5.56 Å². The quantitative estimate of drug-likeness (QED) is 0.503. The van der Waals surface area contributed by atoms with E-state index < -0.39 is 0 Å². The number of fused-ring (bicyclic) bond motifs is 3. The molecule has 144 valence electrons. The number of ether oxygens (including phenoxy) is 1. The van der Waals surface area contributed by atoms with E-state index in [1.807, 2.05) is 61.9 Å². The molecule has 1 unspecified atom stereocenters. The van der Waals surface area contributed by atoms with Gasteiger partial charge in [-0.1, -0.05) is 18.2 Å². The molecule has 0 spiro atoms. The summed E-state index contributed by atoms with van der Waals surface area (Å²) >= 11 is 1.66. The molecule has 2 heterocycles. The Labute approximate surface area is 167 Å². The van der Waals surface area contributed by atoms with Gasteiger partial charge in [0.15, 0.2) is 6.61 Å². The summed E-state index contributed by atoms with van der Waals surface area (Å²) in [6, 6.07) is 15.7. The Morgan fingerprint density at radius 2 is 1.96 bits per heavy atom. The number of rotatable bonds is 7. The molecule has 1 N–H and O–H groups in total. The maximum atomic E-state index is 12.3. The third-order valence-corrected chi connectivity index (χ3v) is 5.46. The number of nitrogens with zero attached hydrogens (tertiary/aromatic N) is 1. The van der Waals surface area contributed by atoms with Crippen molar-refractivity contribution in [3.05, 3.63) is 64.9 Å². The van der Waals surface area contributed by atoms with Gasteiger partial charge in [0.05, 0.1) is 6.04 Å². The van der Waals surface area contributed by atoms with Crippen molar-refractivity contribution in [3.8, 4) is 5.75 Å². The number of amides is 1. The van der Waals surface area contributed by atoms with Gasteiger partial charge in [0, 0.05) is 17.3 Å². The number of thiophene rings is 1. The first-order valence-electron chi connectivity index (χ1n) is 9.11. The molecule has 4 aromatic rings. The van der Waals surface area contributed by atoms with Gasteiger partial charge in [0.2, 0.25) is 0 Å². The van der Waals surface area contributed by atoms with Crippen LogP contribution in [-0.2, 0) is 4.79 Å². The van der Waals surface area contributed by atoms with Crippen LogP contribution in [0, 0.1) is 0 Å². The zero-order valence-electron chi connectivity index (χ0n) is 15.8. The average Bonchev–Trinajstić information content (AvgIpc) is 3.34. The highest BCUT2D eigenvalue weighted by Gasteiger charge is 2.16. The topological polar surface area (TPSA) is 54.7 Å². The maximum absolute atomic E-state index is 12.3. The zero-order chi connectivity index (χ0) is 19.5. The molecule has 28 heavy (non-hydrogen) atoms. The summed E-state index contributed by atoms with van der Waals surface area (Å²) < 4.78 is 11.5. The Morgan fingerprint density at radius 3 is 2.75 bits per heavy atom. The van der Waals surface area contributed by atoms with Crippen molar-refractivity contribution in [1.29, 1.82) is 0 Å². The van der Waals surface area contributed by atoms with Crippen molar-refractivity contribution in [2.24, 2.45) is 0 Å². The average molecular weight is 394 g/mol. The second kappa shape index (κ2) is 8.04. The van der Waals surface area contributed by atoms with Crippen molar-refractivity contribution in [2.75, 3.05) is 27.2 Å². The smallest absolute Gasteiger partial charge is 0.258 e. The van der Waals surface area contributed by atoms with Crippen molar-refractivity contribution in [2.45, 2.75) is 6.04 Å². The van der Waals surface area contributed by atoms with Gasteiger partial charge < -0.3 is 19.4 Å². The zero-order valence-corrected chi connectivity index (χ0v) is 16.7. The van der Waals surface area contributed by atoms with Gasteiger partial charge in [-0.15, -0.1) is 0 Å². The summed E-state index contributed by atoms with van der Waals surface area (Å²) in [4.78, 5) is 14.4. The minimum atomic E-state index is -0.140. The van der Waals surface area contributed by atoms with Gasteiger partial charge in [0.25, 0.3) is 5.91 Å². The molecule has 6 heteroatoms. The van der Waals surface area contributed by atoms with Crippen LogP contribution in [0.3, 0.4) is 0 Å². The molecule has 0 aliphatic rings. The number of carbonyl (C=O) groups is 1. The van der Waals surface area contributed by atoms with Crippen LogP contribution < -0.4 is 10.1 Å². The van der Waals surface area contributed by atoms with Crippen LogP contribution in [0.2, 0.25) is 0 Å². The number of hydrogen-bond donors (Lipinski definition) is 1. The fourth-order valence-electron chi connectivity index (χ4n) is 3.27. The Bertz CT molecular complexity index is 1090. The molecule has 0 radical (unpaired) electrons. The highest BCUT2D eigenvalue weighted by Crippen LogP contribution is 2.31. The van der Waals surface area contributed by atoms with E-state index in [0.717, 1.165) is 21.9 Å². The number of nitrogens with one attached hydrogen (secondary N) is 1. The Morgan fingerprint density at radius 1 is 1.14 bits per heavy atom. The first kappa shape index (κ1) is 18.5. The Hall–Kier alpha value is -2.83. The van der Waals surface area contributed by atoms with Crippen molar-refractivity contribution in [1.82, 2.24) is 10.2 Å². The van der Waals surface area contributed by atoms with Crippen LogP contribution in [0.4, 0.5) is 0 Å². The molecular formula is C22H22N2O3S. The third kappa shape index (κ3) is 3.88. The van der Waals surface area contributed by atoms with E-state index in [1.54, 1.807) is 11.3 Å². The highest BCUT2D eigenvalue weighted by atomic mass is 32.1. The van der Waals surface area contributed by atoms with Crippen LogP contribution in [0.15, 0.2) is 63.7 Å². The minimum absolute atomic E-state index is 0.0227. The molecule has 0 saturated heterocycles. The van der Waals surface area contributed by atoms with Crippen LogP contribution >= 0.6 is 11.3 Å². The van der Waals surface area contributed by atoms with Crippen LogP contribution in [0.25, 0.3) is 21.9 Å². The summed E-state index contributed by atoms with van der Waals surface area (Å²) in [5.74, 6) is 0.510. The van der Waals surface area contributed by atoms with E-state index in [9.17, 15) is 4.79 Å². The fraction of sp³-hybridized carbons (Fsp3) is 0.227. The minimum Gasteiger partial charge on any atom is -0.484 e. The molecular weight excluding hydrogens is 372 g/mol. The second-order valence-electron chi connectivity index (χ2n) is 6.89. The molecule has 0 aliphatic heterocycles. The summed E-state index contributed by atoms with van der Waals surface area (Å²) in [7, 11) is 4.02. The van der Waals surface area contributed by atoms with Crippen LogP contribution in [0.1, 0.15) is 11.6 Å². The van der Waals surface area contributed by atoms with Crippen molar-refractivity contribution >= 4 is 39.2 Å². The Balaban J connectivity index is 1.38. The molecule has 2 aromatic carbocycles. The van der Waals surface area contributed by atoms with Gasteiger partial charge in [-0.3, -0.25) is 4.79 Å². The largest absolute Gasteiger partial charge is 0.484 e. The molecule has 0 saturated carbocycles. The first-order chi connectivity index (χ1) is 13.6. The lowest BCUT2D eigenvalue weighted by Gasteiger charge is -2.24. The Kier molecular flexibility index (Phi) is 5.32. The molecule has 1 atom stereocenters. The summed E-state index contributed by atoms with van der Waals surface area (Å²) in [6.07, 6.45) is 0. The van der Waals surface area contributed by atoms with Gasteiger partial charge in [-0.25, -0.2) is 0 Å². The van der Waals surface area contributed by atoms with Gasteiger partial charge >= 0.3 is 0 Å². The lowest BCUT2D eigenvalue weighted by molar-refractivity contribution is -0.123. The standard InChI is InChI=1S/C22H22N2O3S/c1-24(2)19(15-9-10-28-14-15)12-23-22(25)13-26-16-7-8-21-18(11-16)17-5-3-4-6-20(17)27-21/h3-11,14,19H,12-13H2,1-2H3,(H,23,25). The molecule has 0 aliphatic carbocycles. The molecule has 2 aromatic heterocycles. The maximum Gasteiger partial charge on any atom is 0.258 e. The van der Waals surface area contributed by atoms with E-state index in [4.69, 9.17) is 9.15 Å². The normalized spacial score (nSPS) is 12.5. The van der Waals surface area contributed by atoms with Crippen molar-refractivity contribution < 1.29 is 13.9 Å². The number of para-hydroxylation sites is 1. The molecule has 1 amide bonds. The van der Waals surface area contributed by atoms with E-state index in [2.05, 4.69) is 21.7 Å². The molecule has 4 rings (SSSR count). The number of likely N-dealkylation sites (N-methyl/N-ethyl adjacent to an activating group) is 1. The van der Waals surface area contributed by atoms with Crippen molar-refractivity contribution in [3.63, 3.8) is 0 Å². The second-order valence-corrected chi connectivity index (χ2v) is 7.67. The van der Waals surface area contributed by atoms with Gasteiger partial charge in [0.1, 0.15) is 16.9 Å². The van der Waals surface area contributed by atoms with Gasteiger partial charge in [-0.2, -0.15) is 11.3 Å². The number of hydrogen-bond acceptors (Lipinski definition) is 5. The molecule has 0 bridgehead atoms. The van der Waals surface area contributed by atoms with E-state index in [0.29, 0.717) is 12.3 Å². The number of benzene rings is 2. The lowest BCUT2D eigenvalue weighted by Crippen LogP contribution is -2.36. The predicted molar refractivity (Wildman–Crippen MR) is 113 cm³/mol. The predicted octanol–water partition coefficient (Wildman–Crippen LogP) is 4.45. The van der Waals surface area contributed by atoms with Crippen LogP contribution in [0.5, 0.6) is 5.75 Å². The number of carbonyl (C=O) groups excluding carboxylic acids is 1. The fourth-order valence-corrected chi connectivity index (χ4v) is 3.98. The first-order valence-corrected chi connectivity index (χ1v) is 10.1. The SMILES string of the molecule is CN(C)C(CNC(=O)COc1ccc2oc3ccccc3c2c1)c1ccsc1. The van der Waals surface area contributed by atoms with Crippen LogP contribution in [-0.4, -0.2) is 38.1 Å². The summed E-state index contributed by atoms with van der Waals surface area (Å²) in [5, 5.41) is 9.15. The molecule has 0 fully saturated rings.